The van der Waals surface area contributed by atoms with Crippen LogP contribution in [0.2, 0.25) is 0 Å². The lowest BCUT2D eigenvalue weighted by Gasteiger charge is -2.27. The number of fused-ring (bicyclic) bond motifs is 1. The van der Waals surface area contributed by atoms with E-state index in [0.717, 1.165) is 4.88 Å². The SMILES string of the molecule is CC1=C(C(N)=O)[C@@H](c2ccc([N+](=O)[O-])cc2)n2nc(-c3cccs3)nc2N1. The summed E-state index contributed by atoms with van der Waals surface area (Å²) in [6.45, 7) is 1.74. The minimum atomic E-state index is -0.624. The van der Waals surface area contributed by atoms with Crippen molar-refractivity contribution in [3.05, 3.63) is 68.7 Å². The second-order valence-electron chi connectivity index (χ2n) is 5.96. The molecule has 1 aliphatic rings. The van der Waals surface area contributed by atoms with Crippen LogP contribution in [0, 0.1) is 10.1 Å². The molecule has 9 nitrogen and oxygen atoms in total. The van der Waals surface area contributed by atoms with Gasteiger partial charge in [0.1, 0.15) is 6.04 Å². The van der Waals surface area contributed by atoms with Gasteiger partial charge >= 0.3 is 0 Å². The number of aromatic nitrogens is 3. The van der Waals surface area contributed by atoms with E-state index in [4.69, 9.17) is 5.73 Å². The number of nitrogens with two attached hydrogens (primary N) is 1. The topological polar surface area (TPSA) is 129 Å². The van der Waals surface area contributed by atoms with Gasteiger partial charge in [0.2, 0.25) is 11.9 Å². The Bertz CT molecular complexity index is 1070. The van der Waals surface area contributed by atoms with Crippen molar-refractivity contribution in [3.8, 4) is 10.7 Å². The summed E-state index contributed by atoms with van der Waals surface area (Å²) in [5.74, 6) is 0.407. The van der Waals surface area contributed by atoms with Crippen molar-refractivity contribution < 1.29 is 9.72 Å². The van der Waals surface area contributed by atoms with Crippen LogP contribution in [0.3, 0.4) is 0 Å². The van der Waals surface area contributed by atoms with Crippen molar-refractivity contribution in [1.29, 1.82) is 0 Å². The highest BCUT2D eigenvalue weighted by Gasteiger charge is 2.33. The Balaban J connectivity index is 1.86. The van der Waals surface area contributed by atoms with Crippen LogP contribution in [-0.2, 0) is 4.79 Å². The Kier molecular flexibility index (Phi) is 3.96. The average molecular weight is 382 g/mol. The number of nitrogens with zero attached hydrogens (tertiary/aromatic N) is 4. The lowest BCUT2D eigenvalue weighted by atomic mass is 9.95. The van der Waals surface area contributed by atoms with Crippen LogP contribution < -0.4 is 11.1 Å². The molecule has 2 aromatic heterocycles. The highest BCUT2D eigenvalue weighted by Crippen LogP contribution is 2.36. The summed E-state index contributed by atoms with van der Waals surface area (Å²) in [7, 11) is 0. The number of hydrogen-bond donors (Lipinski definition) is 2. The van der Waals surface area contributed by atoms with Gasteiger partial charge in [-0.3, -0.25) is 14.9 Å². The molecular formula is C17H14N6O3S. The highest BCUT2D eigenvalue weighted by atomic mass is 32.1. The van der Waals surface area contributed by atoms with Gasteiger partial charge in [0.25, 0.3) is 5.69 Å². The maximum absolute atomic E-state index is 12.1. The zero-order valence-electron chi connectivity index (χ0n) is 14.1. The zero-order valence-corrected chi connectivity index (χ0v) is 14.9. The maximum atomic E-state index is 12.1. The van der Waals surface area contributed by atoms with Crippen LogP contribution in [-0.4, -0.2) is 25.6 Å². The number of nitro groups is 1. The first-order valence-electron chi connectivity index (χ1n) is 7.98. The number of primary amides is 1. The monoisotopic (exact) mass is 382 g/mol. The summed E-state index contributed by atoms with van der Waals surface area (Å²) >= 11 is 1.50. The average Bonchev–Trinajstić information content (AvgIpc) is 3.29. The molecule has 0 saturated carbocycles. The number of hydrogen-bond acceptors (Lipinski definition) is 7. The van der Waals surface area contributed by atoms with E-state index >= 15 is 0 Å². The van der Waals surface area contributed by atoms with Gasteiger partial charge in [-0.05, 0) is 36.1 Å². The van der Waals surface area contributed by atoms with Crippen molar-refractivity contribution >= 4 is 28.9 Å². The van der Waals surface area contributed by atoms with Gasteiger partial charge in [-0.1, -0.05) is 6.07 Å². The molecular weight excluding hydrogens is 368 g/mol. The number of allylic oxidation sites excluding steroid dienone is 1. The van der Waals surface area contributed by atoms with Gasteiger partial charge in [0.05, 0.1) is 15.4 Å². The Morgan fingerprint density at radius 3 is 2.67 bits per heavy atom. The number of non-ortho nitro benzene ring substituents is 1. The van der Waals surface area contributed by atoms with Crippen LogP contribution in [0.15, 0.2) is 53.0 Å². The normalized spacial score (nSPS) is 16.0. The first kappa shape index (κ1) is 16.9. The van der Waals surface area contributed by atoms with E-state index in [1.165, 1.54) is 23.5 Å². The smallest absolute Gasteiger partial charge is 0.269 e. The van der Waals surface area contributed by atoms with E-state index in [1.807, 2.05) is 17.5 Å². The number of anilines is 1. The molecule has 1 aromatic carbocycles. The number of rotatable bonds is 4. The molecule has 3 N–H and O–H groups in total. The maximum Gasteiger partial charge on any atom is 0.269 e. The fraction of sp³-hybridized carbons (Fsp3) is 0.118. The Morgan fingerprint density at radius 2 is 2.07 bits per heavy atom. The summed E-state index contributed by atoms with van der Waals surface area (Å²) < 4.78 is 1.59. The third kappa shape index (κ3) is 2.85. The molecule has 0 bridgehead atoms. The molecule has 1 atom stereocenters. The van der Waals surface area contributed by atoms with Crippen LogP contribution in [0.1, 0.15) is 18.5 Å². The quantitative estimate of drug-likeness (QED) is 0.527. The van der Waals surface area contributed by atoms with E-state index in [9.17, 15) is 14.9 Å². The molecule has 1 amide bonds. The number of thiophene rings is 1. The van der Waals surface area contributed by atoms with E-state index in [2.05, 4.69) is 15.4 Å². The molecule has 0 spiro atoms. The lowest BCUT2D eigenvalue weighted by Crippen LogP contribution is -2.31. The first-order chi connectivity index (χ1) is 13.0. The van der Waals surface area contributed by atoms with Crippen molar-refractivity contribution in [2.75, 3.05) is 5.32 Å². The van der Waals surface area contributed by atoms with Gasteiger partial charge < -0.3 is 11.1 Å². The number of amides is 1. The summed E-state index contributed by atoms with van der Waals surface area (Å²) in [5, 5.41) is 20.5. The zero-order chi connectivity index (χ0) is 19.1. The molecule has 4 rings (SSSR count). The fourth-order valence-electron chi connectivity index (χ4n) is 3.07. The number of nitrogens with one attached hydrogen (secondary N) is 1. The molecule has 0 fully saturated rings. The largest absolute Gasteiger partial charge is 0.366 e. The second-order valence-corrected chi connectivity index (χ2v) is 6.91. The van der Waals surface area contributed by atoms with Crippen LogP contribution in [0.4, 0.5) is 11.6 Å². The minimum absolute atomic E-state index is 0.0351. The molecule has 0 unspecified atom stereocenters. The first-order valence-corrected chi connectivity index (χ1v) is 8.86. The van der Waals surface area contributed by atoms with Crippen LogP contribution >= 0.6 is 11.3 Å². The van der Waals surface area contributed by atoms with Crippen molar-refractivity contribution in [2.45, 2.75) is 13.0 Å². The number of benzene rings is 1. The standard InChI is InChI=1S/C17H14N6O3S/c1-9-13(15(18)24)14(10-4-6-11(7-5-10)23(25)26)22-17(19-9)20-16(21-22)12-3-2-8-27-12/h2-8,14H,1H3,(H2,18,24)(H,19,20,21)/t14-/m1/s1. The van der Waals surface area contributed by atoms with Crippen molar-refractivity contribution in [1.82, 2.24) is 14.8 Å². The van der Waals surface area contributed by atoms with Crippen molar-refractivity contribution in [2.24, 2.45) is 5.73 Å². The van der Waals surface area contributed by atoms with Crippen LogP contribution in [0.25, 0.3) is 10.7 Å². The number of nitro benzene ring substituents is 1. The van der Waals surface area contributed by atoms with E-state index < -0.39 is 16.9 Å². The third-order valence-corrected chi connectivity index (χ3v) is 5.15. The number of carbonyl (C=O) groups is 1. The molecule has 3 heterocycles. The van der Waals surface area contributed by atoms with Crippen molar-refractivity contribution in [3.63, 3.8) is 0 Å². The number of carbonyl (C=O) groups excluding carboxylic acids is 1. The highest BCUT2D eigenvalue weighted by molar-refractivity contribution is 7.13. The fourth-order valence-corrected chi connectivity index (χ4v) is 3.72. The molecule has 0 saturated heterocycles. The Hall–Kier alpha value is -3.53. The van der Waals surface area contributed by atoms with Gasteiger partial charge in [-0.25, -0.2) is 4.68 Å². The van der Waals surface area contributed by atoms with Gasteiger partial charge in [-0.15, -0.1) is 16.4 Å². The Labute approximate surface area is 157 Å². The molecule has 136 valence electrons. The predicted molar refractivity (Wildman–Crippen MR) is 100 cm³/mol. The van der Waals surface area contributed by atoms with E-state index in [1.54, 1.807) is 23.7 Å². The Morgan fingerprint density at radius 1 is 1.33 bits per heavy atom. The minimum Gasteiger partial charge on any atom is -0.366 e. The second kappa shape index (κ2) is 6.32. The molecule has 0 aliphatic carbocycles. The van der Waals surface area contributed by atoms with Gasteiger partial charge in [-0.2, -0.15) is 4.98 Å². The van der Waals surface area contributed by atoms with Gasteiger partial charge in [0.15, 0.2) is 5.82 Å². The third-order valence-electron chi connectivity index (χ3n) is 4.28. The molecule has 27 heavy (non-hydrogen) atoms. The summed E-state index contributed by atoms with van der Waals surface area (Å²) in [6.07, 6.45) is 0. The molecule has 0 radical (unpaired) electrons. The molecule has 3 aromatic rings. The van der Waals surface area contributed by atoms with E-state index in [0.29, 0.717) is 28.6 Å². The summed E-state index contributed by atoms with van der Waals surface area (Å²) in [6, 6.07) is 9.16. The summed E-state index contributed by atoms with van der Waals surface area (Å²) in [5.41, 5.74) is 7.14. The lowest BCUT2D eigenvalue weighted by molar-refractivity contribution is -0.384. The van der Waals surface area contributed by atoms with E-state index in [-0.39, 0.29) is 5.69 Å². The summed E-state index contributed by atoms with van der Waals surface area (Å²) in [4.78, 5) is 28.0. The van der Waals surface area contributed by atoms with Gasteiger partial charge in [0, 0.05) is 17.8 Å². The van der Waals surface area contributed by atoms with Crippen LogP contribution in [0.5, 0.6) is 0 Å². The molecule has 1 aliphatic heterocycles. The molecule has 10 heteroatoms. The predicted octanol–water partition coefficient (Wildman–Crippen LogP) is 2.69.